The Bertz CT molecular complexity index is 707. The van der Waals surface area contributed by atoms with Gasteiger partial charge in [-0.25, -0.2) is 21.6 Å². The average molecular weight is 388 g/mol. The van der Waals surface area contributed by atoms with Crippen LogP contribution in [0.4, 0.5) is 5.69 Å². The Hall–Kier alpha value is -1.07. The van der Waals surface area contributed by atoms with Crippen LogP contribution in [-0.4, -0.2) is 42.8 Å². The highest BCUT2D eigenvalue weighted by atomic mass is 35.5. The molecule has 23 heavy (non-hydrogen) atoms. The average Bonchev–Trinajstić information content (AvgIpc) is 2.46. The quantitative estimate of drug-likeness (QED) is 0.529. The fourth-order valence-electron chi connectivity index (χ4n) is 1.58. The fourth-order valence-corrected chi connectivity index (χ4v) is 3.50. The molecule has 0 spiro atoms. The molecule has 1 aromatic rings. The Morgan fingerprint density at radius 3 is 2.39 bits per heavy atom. The van der Waals surface area contributed by atoms with E-state index in [1.54, 1.807) is 0 Å². The number of hydrogen-bond acceptors (Lipinski definition) is 6. The van der Waals surface area contributed by atoms with Crippen molar-refractivity contribution < 1.29 is 21.6 Å². The highest BCUT2D eigenvalue weighted by Crippen LogP contribution is 2.27. The van der Waals surface area contributed by atoms with Gasteiger partial charge >= 0.3 is 0 Å². The molecule has 0 aliphatic carbocycles. The number of anilines is 1. The van der Waals surface area contributed by atoms with E-state index in [4.69, 9.17) is 10.5 Å². The Kier molecular flexibility index (Phi) is 8.85. The number of sulfonamides is 2. The molecule has 0 aliphatic heterocycles. The summed E-state index contributed by atoms with van der Waals surface area (Å²) < 4.78 is 57.6. The first-order valence-electron chi connectivity index (χ1n) is 6.64. The van der Waals surface area contributed by atoms with Crippen LogP contribution in [0.5, 0.6) is 5.75 Å². The molecule has 0 radical (unpaired) electrons. The highest BCUT2D eigenvalue weighted by molar-refractivity contribution is 7.93. The highest BCUT2D eigenvalue weighted by Gasteiger charge is 2.21. The van der Waals surface area contributed by atoms with Crippen LogP contribution in [0.1, 0.15) is 13.3 Å². The van der Waals surface area contributed by atoms with E-state index in [0.29, 0.717) is 18.7 Å². The summed E-state index contributed by atoms with van der Waals surface area (Å²) in [5.74, 6) is 0.166. The van der Waals surface area contributed by atoms with Crippen molar-refractivity contribution in [1.82, 2.24) is 4.72 Å². The number of methoxy groups -OCH3 is 1. The molecule has 0 unspecified atom stereocenters. The van der Waals surface area contributed by atoms with Crippen LogP contribution in [0.15, 0.2) is 23.1 Å². The molecule has 0 fully saturated rings. The lowest BCUT2D eigenvalue weighted by atomic mass is 10.3. The van der Waals surface area contributed by atoms with E-state index in [1.165, 1.54) is 32.2 Å². The number of ether oxygens (including phenoxy) is 1. The van der Waals surface area contributed by atoms with Gasteiger partial charge in [-0.15, -0.1) is 12.4 Å². The van der Waals surface area contributed by atoms with Crippen molar-refractivity contribution in [2.75, 3.05) is 30.7 Å². The van der Waals surface area contributed by atoms with Gasteiger partial charge in [-0.3, -0.25) is 4.72 Å². The lowest BCUT2D eigenvalue weighted by Crippen LogP contribution is -2.27. The van der Waals surface area contributed by atoms with Crippen molar-refractivity contribution in [3.8, 4) is 5.75 Å². The summed E-state index contributed by atoms with van der Waals surface area (Å²) in [4.78, 5) is -0.164. The van der Waals surface area contributed by atoms with Crippen LogP contribution in [0.25, 0.3) is 0 Å². The zero-order chi connectivity index (χ0) is 16.8. The maximum absolute atomic E-state index is 12.3. The van der Waals surface area contributed by atoms with Gasteiger partial charge in [-0.2, -0.15) is 0 Å². The summed E-state index contributed by atoms with van der Waals surface area (Å²) >= 11 is 0. The lowest BCUT2D eigenvalue weighted by molar-refractivity contribution is 0.414. The van der Waals surface area contributed by atoms with Crippen molar-refractivity contribution >= 4 is 38.1 Å². The van der Waals surface area contributed by atoms with Gasteiger partial charge in [0.2, 0.25) is 20.0 Å². The second-order valence-electron chi connectivity index (χ2n) is 4.41. The van der Waals surface area contributed by atoms with E-state index in [-0.39, 0.29) is 35.3 Å². The third-order valence-electron chi connectivity index (χ3n) is 2.79. The third kappa shape index (κ3) is 6.51. The van der Waals surface area contributed by atoms with Gasteiger partial charge in [0, 0.05) is 12.6 Å². The van der Waals surface area contributed by atoms with Crippen LogP contribution in [0.3, 0.4) is 0 Å². The molecule has 8 nitrogen and oxygen atoms in total. The predicted molar refractivity (Wildman–Crippen MR) is 92.2 cm³/mol. The van der Waals surface area contributed by atoms with Gasteiger partial charge in [0.25, 0.3) is 0 Å². The van der Waals surface area contributed by atoms with Crippen molar-refractivity contribution in [1.29, 1.82) is 0 Å². The topological polar surface area (TPSA) is 128 Å². The number of nitrogens with one attached hydrogen (secondary N) is 2. The second-order valence-corrected chi connectivity index (χ2v) is 8.15. The maximum Gasteiger partial charge on any atom is 0.242 e. The fraction of sp³-hybridized carbons (Fsp3) is 0.500. The molecule has 1 rings (SSSR count). The zero-order valence-electron chi connectivity index (χ0n) is 12.9. The van der Waals surface area contributed by atoms with Crippen LogP contribution in [0.2, 0.25) is 0 Å². The Morgan fingerprint density at radius 2 is 1.87 bits per heavy atom. The summed E-state index contributed by atoms with van der Waals surface area (Å²) in [5, 5.41) is 0. The predicted octanol–water partition coefficient (Wildman–Crippen LogP) is 0.506. The van der Waals surface area contributed by atoms with Gasteiger partial charge in [-0.05, 0) is 32.0 Å². The molecular weight excluding hydrogens is 366 g/mol. The van der Waals surface area contributed by atoms with E-state index in [0.717, 1.165) is 0 Å². The van der Waals surface area contributed by atoms with Gasteiger partial charge in [0.05, 0.1) is 18.6 Å². The molecule has 0 saturated carbocycles. The lowest BCUT2D eigenvalue weighted by Gasteiger charge is -2.14. The Labute approximate surface area is 143 Å². The third-order valence-corrected chi connectivity index (χ3v) is 5.60. The Balaban J connectivity index is 0.00000484. The summed E-state index contributed by atoms with van der Waals surface area (Å²) in [7, 11) is -6.08. The summed E-state index contributed by atoms with van der Waals surface area (Å²) in [6.45, 7) is 1.97. The summed E-state index contributed by atoms with van der Waals surface area (Å²) in [5.41, 5.74) is 5.27. The molecule has 0 amide bonds. The minimum atomic E-state index is -3.86. The normalized spacial score (nSPS) is 11.6. The van der Waals surface area contributed by atoms with E-state index >= 15 is 0 Å². The van der Waals surface area contributed by atoms with Gasteiger partial charge in [-0.1, -0.05) is 0 Å². The van der Waals surface area contributed by atoms with Crippen molar-refractivity contribution in [2.24, 2.45) is 5.73 Å². The molecule has 0 atom stereocenters. The molecule has 11 heteroatoms. The molecule has 0 heterocycles. The smallest absolute Gasteiger partial charge is 0.242 e. The van der Waals surface area contributed by atoms with E-state index in [2.05, 4.69) is 9.44 Å². The molecule has 0 aromatic heterocycles. The first-order chi connectivity index (χ1) is 10.3. The van der Waals surface area contributed by atoms with E-state index in [9.17, 15) is 16.8 Å². The molecular formula is C12H22ClN3O5S2. The summed E-state index contributed by atoms with van der Waals surface area (Å²) in [6, 6.07) is 4.06. The van der Waals surface area contributed by atoms with Crippen LogP contribution < -0.4 is 19.9 Å². The largest absolute Gasteiger partial charge is 0.497 e. The molecule has 0 bridgehead atoms. The Morgan fingerprint density at radius 1 is 1.22 bits per heavy atom. The molecule has 0 aliphatic rings. The van der Waals surface area contributed by atoms with Crippen molar-refractivity contribution in [2.45, 2.75) is 18.2 Å². The number of rotatable bonds is 9. The monoisotopic (exact) mass is 387 g/mol. The van der Waals surface area contributed by atoms with E-state index in [1.807, 2.05) is 0 Å². The number of benzene rings is 1. The number of hydrogen-bond donors (Lipinski definition) is 3. The molecule has 0 saturated heterocycles. The van der Waals surface area contributed by atoms with Gasteiger partial charge in [0.1, 0.15) is 10.6 Å². The minimum absolute atomic E-state index is 0. The number of nitrogens with two attached hydrogens (primary N) is 1. The second kappa shape index (κ2) is 9.28. The standard InChI is InChI=1S/C12H21N3O5S2.ClH/c1-3-21(16,17)15-11-9-10(20-2)5-6-12(11)22(18,19)14-8-4-7-13;/h5-6,9,14-15H,3-4,7-8,13H2,1-2H3;1H. The van der Waals surface area contributed by atoms with Crippen LogP contribution in [0, 0.1) is 0 Å². The maximum atomic E-state index is 12.3. The molecule has 1 aromatic carbocycles. The first kappa shape index (κ1) is 21.9. The van der Waals surface area contributed by atoms with E-state index < -0.39 is 20.0 Å². The zero-order valence-corrected chi connectivity index (χ0v) is 15.4. The first-order valence-corrected chi connectivity index (χ1v) is 9.77. The summed E-state index contributed by atoms with van der Waals surface area (Å²) in [6.07, 6.45) is 0.478. The SMILES string of the molecule is CCS(=O)(=O)Nc1cc(OC)ccc1S(=O)(=O)NCCCN.Cl. The van der Waals surface area contributed by atoms with Gasteiger partial charge in [0.15, 0.2) is 0 Å². The number of halogens is 1. The minimum Gasteiger partial charge on any atom is -0.497 e. The van der Waals surface area contributed by atoms with Crippen LogP contribution >= 0.6 is 12.4 Å². The molecule has 4 N–H and O–H groups in total. The van der Waals surface area contributed by atoms with Crippen molar-refractivity contribution in [3.63, 3.8) is 0 Å². The molecule has 134 valence electrons. The van der Waals surface area contributed by atoms with Gasteiger partial charge < -0.3 is 10.5 Å². The van der Waals surface area contributed by atoms with Crippen molar-refractivity contribution in [3.05, 3.63) is 18.2 Å². The van der Waals surface area contributed by atoms with Crippen LogP contribution in [-0.2, 0) is 20.0 Å².